The minimum absolute atomic E-state index is 0.0399. The minimum atomic E-state index is -1.12. The first-order valence-electron chi connectivity index (χ1n) is 10.3. The first kappa shape index (κ1) is 23.6. The lowest BCUT2D eigenvalue weighted by Crippen LogP contribution is -2.21. The number of hydrogen-bond acceptors (Lipinski definition) is 5. The molecule has 4 atom stereocenters. The summed E-state index contributed by atoms with van der Waals surface area (Å²) in [6.45, 7) is 3.47. The van der Waals surface area contributed by atoms with Crippen molar-refractivity contribution in [3.8, 4) is 0 Å². The largest absolute Gasteiger partial charge is 0.512 e. The van der Waals surface area contributed by atoms with Crippen LogP contribution in [0.25, 0.3) is 0 Å². The van der Waals surface area contributed by atoms with Gasteiger partial charge in [-0.05, 0) is 44.9 Å². The Labute approximate surface area is 162 Å². The summed E-state index contributed by atoms with van der Waals surface area (Å²) in [4.78, 5) is 23.0. The van der Waals surface area contributed by atoms with E-state index in [9.17, 15) is 24.9 Å². The Hall–Kier alpha value is -1.40. The van der Waals surface area contributed by atoms with Crippen molar-refractivity contribution in [1.82, 2.24) is 0 Å². The van der Waals surface area contributed by atoms with Crippen LogP contribution in [0, 0.1) is 11.8 Å². The molecule has 0 amide bonds. The molecule has 1 unspecified atom stereocenters. The fraction of sp³-hybridized carbons (Fsp3) is 0.810. The van der Waals surface area contributed by atoms with Crippen molar-refractivity contribution in [2.45, 2.75) is 96.7 Å². The molecule has 0 aromatic heterocycles. The molecule has 0 spiro atoms. The van der Waals surface area contributed by atoms with E-state index < -0.39 is 12.1 Å². The zero-order chi connectivity index (χ0) is 20.4. The van der Waals surface area contributed by atoms with Gasteiger partial charge in [-0.15, -0.1) is 0 Å². The molecule has 27 heavy (non-hydrogen) atoms. The van der Waals surface area contributed by atoms with Crippen LogP contribution in [0.5, 0.6) is 0 Å². The summed E-state index contributed by atoms with van der Waals surface area (Å²) in [5.74, 6) is -1.36. The number of ketones is 1. The van der Waals surface area contributed by atoms with Crippen LogP contribution < -0.4 is 0 Å². The van der Waals surface area contributed by atoms with Crippen molar-refractivity contribution >= 4 is 11.8 Å². The van der Waals surface area contributed by atoms with Gasteiger partial charge in [-0.25, -0.2) is 4.79 Å². The first-order valence-corrected chi connectivity index (χ1v) is 10.3. The number of Topliss-reactive ketones (excluding diaryl/α,β-unsaturated/α-hetero) is 1. The van der Waals surface area contributed by atoms with Crippen LogP contribution in [0.1, 0.15) is 84.5 Å². The highest BCUT2D eigenvalue weighted by Crippen LogP contribution is 2.36. The molecule has 1 aliphatic rings. The number of rotatable bonds is 13. The van der Waals surface area contributed by atoms with E-state index in [-0.39, 0.29) is 47.9 Å². The van der Waals surface area contributed by atoms with E-state index in [0.717, 1.165) is 32.1 Å². The van der Waals surface area contributed by atoms with E-state index in [1.165, 1.54) is 6.92 Å². The maximum atomic E-state index is 12.2. The van der Waals surface area contributed by atoms with Gasteiger partial charge in [0.2, 0.25) is 0 Å². The summed E-state index contributed by atoms with van der Waals surface area (Å²) in [7, 11) is 0. The predicted molar refractivity (Wildman–Crippen MR) is 103 cm³/mol. The smallest absolute Gasteiger partial charge is 0.334 e. The number of carboxylic acid groups (broad SMARTS) is 1. The second-order valence-electron chi connectivity index (χ2n) is 7.86. The number of allylic oxidation sites excluding steroid dienone is 1. The van der Waals surface area contributed by atoms with Gasteiger partial charge >= 0.3 is 5.97 Å². The quantitative estimate of drug-likeness (QED) is 0.218. The molecule has 0 bridgehead atoms. The molecular formula is C21H36O6. The van der Waals surface area contributed by atoms with Crippen LogP contribution in [0.2, 0.25) is 0 Å². The highest BCUT2D eigenvalue weighted by molar-refractivity contribution is 5.86. The van der Waals surface area contributed by atoms with Crippen molar-refractivity contribution in [1.29, 1.82) is 0 Å². The van der Waals surface area contributed by atoms with E-state index in [0.29, 0.717) is 25.7 Å². The van der Waals surface area contributed by atoms with E-state index in [1.807, 2.05) is 0 Å². The average Bonchev–Trinajstić information content (AvgIpc) is 2.89. The molecule has 1 saturated carbocycles. The van der Waals surface area contributed by atoms with Gasteiger partial charge in [0, 0.05) is 18.8 Å². The topological polar surface area (TPSA) is 115 Å². The van der Waals surface area contributed by atoms with Crippen LogP contribution >= 0.6 is 0 Å². The van der Waals surface area contributed by atoms with Gasteiger partial charge in [0.05, 0.1) is 17.8 Å². The maximum absolute atomic E-state index is 12.2. The zero-order valence-electron chi connectivity index (χ0n) is 16.7. The summed E-state index contributed by atoms with van der Waals surface area (Å²) in [5.41, 5.74) is -0.0399. The molecule has 1 fully saturated rings. The second kappa shape index (κ2) is 12.1. The van der Waals surface area contributed by atoms with Crippen LogP contribution in [-0.4, -0.2) is 44.4 Å². The molecule has 156 valence electrons. The fourth-order valence-electron chi connectivity index (χ4n) is 3.93. The lowest BCUT2D eigenvalue weighted by atomic mass is 9.85. The molecule has 6 nitrogen and oxygen atoms in total. The number of aliphatic hydroxyl groups excluding tert-OH is 3. The molecule has 4 N–H and O–H groups in total. The van der Waals surface area contributed by atoms with Crippen molar-refractivity contribution in [2.75, 3.05) is 0 Å². The van der Waals surface area contributed by atoms with Gasteiger partial charge in [0.25, 0.3) is 0 Å². The molecular weight excluding hydrogens is 348 g/mol. The summed E-state index contributed by atoms with van der Waals surface area (Å²) in [6.07, 6.45) is 6.68. The third-order valence-corrected chi connectivity index (χ3v) is 5.73. The second-order valence-corrected chi connectivity index (χ2v) is 7.86. The van der Waals surface area contributed by atoms with E-state index >= 15 is 0 Å². The molecule has 0 radical (unpaired) electrons. The Kier molecular flexibility index (Phi) is 10.6. The molecule has 0 saturated heterocycles. The molecule has 1 rings (SSSR count). The number of carbonyl (C=O) groups is 2. The van der Waals surface area contributed by atoms with Gasteiger partial charge in [-0.1, -0.05) is 32.6 Å². The Balaban J connectivity index is 2.41. The number of carboxylic acids is 1. The normalized spacial score (nSPS) is 24.7. The van der Waals surface area contributed by atoms with Gasteiger partial charge in [-0.3, -0.25) is 4.79 Å². The van der Waals surface area contributed by atoms with Crippen LogP contribution in [0.15, 0.2) is 11.3 Å². The van der Waals surface area contributed by atoms with E-state index in [4.69, 9.17) is 5.11 Å². The van der Waals surface area contributed by atoms with Crippen LogP contribution in [-0.2, 0) is 9.59 Å². The first-order chi connectivity index (χ1) is 12.8. The minimum Gasteiger partial charge on any atom is -0.512 e. The third-order valence-electron chi connectivity index (χ3n) is 5.73. The molecule has 0 aromatic carbocycles. The zero-order valence-corrected chi connectivity index (χ0v) is 16.7. The average molecular weight is 385 g/mol. The van der Waals surface area contributed by atoms with Gasteiger partial charge in [0.15, 0.2) is 0 Å². The van der Waals surface area contributed by atoms with Crippen molar-refractivity contribution in [2.24, 2.45) is 11.8 Å². The van der Waals surface area contributed by atoms with Crippen molar-refractivity contribution in [3.63, 3.8) is 0 Å². The van der Waals surface area contributed by atoms with Crippen LogP contribution in [0.4, 0.5) is 0 Å². The lowest BCUT2D eigenvalue weighted by molar-refractivity contribution is -0.132. The Bertz CT molecular complexity index is 513. The standard InChI is InChI=1S/C21H36O6/c1-3-4-8-15(22)9-7-11-17-16(19(24)13-20(17)25)10-5-6-12-18(23)14(2)21(26)27/h15-17,20,22-23,25H,3-13H2,1-2H3,(H,26,27)/t15?,16-,17-,20-/m1/s1. The molecule has 0 aliphatic heterocycles. The Morgan fingerprint density at radius 2 is 1.78 bits per heavy atom. The van der Waals surface area contributed by atoms with E-state index in [2.05, 4.69) is 6.92 Å². The van der Waals surface area contributed by atoms with Gasteiger partial charge in [-0.2, -0.15) is 0 Å². The van der Waals surface area contributed by atoms with Crippen molar-refractivity contribution in [3.05, 3.63) is 11.3 Å². The lowest BCUT2D eigenvalue weighted by Gasteiger charge is -2.21. The molecule has 6 heteroatoms. The number of aliphatic hydroxyl groups is 3. The molecule has 0 aromatic rings. The Morgan fingerprint density at radius 3 is 2.41 bits per heavy atom. The number of hydrogen-bond donors (Lipinski definition) is 4. The highest BCUT2D eigenvalue weighted by atomic mass is 16.4. The molecule has 0 heterocycles. The van der Waals surface area contributed by atoms with Gasteiger partial charge in [0.1, 0.15) is 11.5 Å². The maximum Gasteiger partial charge on any atom is 0.334 e. The van der Waals surface area contributed by atoms with Crippen molar-refractivity contribution < 1.29 is 30.0 Å². The Morgan fingerprint density at radius 1 is 1.11 bits per heavy atom. The summed E-state index contributed by atoms with van der Waals surface area (Å²) >= 11 is 0. The summed E-state index contributed by atoms with van der Waals surface area (Å²) in [5, 5.41) is 38.7. The third kappa shape index (κ3) is 8.01. The van der Waals surface area contributed by atoms with Gasteiger partial charge < -0.3 is 20.4 Å². The monoisotopic (exact) mass is 384 g/mol. The number of carbonyl (C=O) groups excluding carboxylic acids is 1. The van der Waals surface area contributed by atoms with E-state index in [1.54, 1.807) is 0 Å². The SMILES string of the molecule is CCCCC(O)CCC[C@H]1[C@H](O)CC(=O)[C@@H]1CCCCC(O)=C(C)C(=O)O. The predicted octanol–water partition coefficient (Wildman–Crippen LogP) is 3.75. The summed E-state index contributed by atoms with van der Waals surface area (Å²) < 4.78 is 0. The summed E-state index contributed by atoms with van der Waals surface area (Å²) in [6, 6.07) is 0. The number of unbranched alkanes of at least 4 members (excludes halogenated alkanes) is 2. The molecule has 1 aliphatic carbocycles. The highest BCUT2D eigenvalue weighted by Gasteiger charge is 2.40. The number of aliphatic carboxylic acids is 1. The van der Waals surface area contributed by atoms with Crippen LogP contribution in [0.3, 0.4) is 0 Å². The fourth-order valence-corrected chi connectivity index (χ4v) is 3.93.